The van der Waals surface area contributed by atoms with Crippen molar-refractivity contribution >= 4 is 17.8 Å². The first kappa shape index (κ1) is 9.51. The van der Waals surface area contributed by atoms with Crippen molar-refractivity contribution in [3.05, 3.63) is 24.3 Å². The van der Waals surface area contributed by atoms with Gasteiger partial charge < -0.3 is 15.8 Å². The van der Waals surface area contributed by atoms with Gasteiger partial charge in [0.25, 0.3) is 0 Å². The summed E-state index contributed by atoms with van der Waals surface area (Å²) in [5, 5.41) is 10.4. The molecule has 0 aliphatic carbocycles. The van der Waals surface area contributed by atoms with E-state index in [-0.39, 0.29) is 12.4 Å². The van der Waals surface area contributed by atoms with Crippen LogP contribution in [0.4, 0.5) is 5.69 Å². The lowest BCUT2D eigenvalue weighted by molar-refractivity contribution is -0.116. The van der Waals surface area contributed by atoms with E-state index in [4.69, 9.17) is 15.9 Å². The minimum atomic E-state index is -1.37. The average molecular weight is 205 g/mol. The van der Waals surface area contributed by atoms with Gasteiger partial charge in [-0.05, 0) is 12.1 Å². The van der Waals surface area contributed by atoms with E-state index < -0.39 is 5.60 Å². The fraction of sp³-hybridized carbons (Fsp3) is 0.200. The van der Waals surface area contributed by atoms with Crippen LogP contribution < -0.4 is 15.8 Å². The van der Waals surface area contributed by atoms with Crippen LogP contribution in [0.15, 0.2) is 24.3 Å². The zero-order valence-corrected chi connectivity index (χ0v) is 7.99. The number of nitrogens with one attached hydrogen (secondary N) is 2. The van der Waals surface area contributed by atoms with Crippen LogP contribution in [0.3, 0.4) is 0 Å². The normalized spacial score (nSPS) is 23.2. The number of ether oxygens (including phenoxy) is 1. The topological polar surface area (TPSA) is 88.2 Å². The maximum absolute atomic E-state index is 10.9. The van der Waals surface area contributed by atoms with Crippen LogP contribution in [0.2, 0.25) is 0 Å². The maximum Gasteiger partial charge on any atom is 0.236 e. The Kier molecular flexibility index (Phi) is 2.07. The molecule has 0 saturated heterocycles. The number of carbonyl (C=O) groups excluding carboxylic acids is 1. The third-order valence-electron chi connectivity index (χ3n) is 2.37. The van der Waals surface area contributed by atoms with Crippen LogP contribution in [0.1, 0.15) is 0 Å². The van der Waals surface area contributed by atoms with E-state index in [1.54, 1.807) is 12.1 Å². The lowest BCUT2D eigenvalue weighted by atomic mass is 10.0. The Balaban J connectivity index is 2.39. The Hall–Kier alpha value is -2.04. The van der Waals surface area contributed by atoms with E-state index in [0.717, 1.165) is 5.69 Å². The molecule has 1 aliphatic heterocycles. The highest BCUT2D eigenvalue weighted by molar-refractivity contribution is 6.02. The quantitative estimate of drug-likeness (QED) is 0.369. The van der Waals surface area contributed by atoms with Crippen LogP contribution in [0.25, 0.3) is 0 Å². The van der Waals surface area contributed by atoms with E-state index in [1.807, 2.05) is 12.1 Å². The molecular weight excluding hydrogens is 194 g/mol. The molecule has 2 rings (SSSR count). The standard InChI is InChI=1S/C10H11N3O2/c11-9(12)10(6-14)5-13-7-3-1-2-4-8(7)15-10/h1-4,6,13H,5H2,(H3,11,12). The fourth-order valence-corrected chi connectivity index (χ4v) is 1.44. The highest BCUT2D eigenvalue weighted by Gasteiger charge is 2.39. The largest absolute Gasteiger partial charge is 0.468 e. The van der Waals surface area contributed by atoms with Gasteiger partial charge >= 0.3 is 0 Å². The molecule has 5 heteroatoms. The molecule has 0 bridgehead atoms. The van der Waals surface area contributed by atoms with Crippen LogP contribution in [0.5, 0.6) is 5.75 Å². The Labute approximate surface area is 86.7 Å². The van der Waals surface area contributed by atoms with Crippen LogP contribution in [-0.2, 0) is 4.79 Å². The van der Waals surface area contributed by atoms with Gasteiger partial charge in [-0.15, -0.1) is 0 Å². The Bertz CT molecular complexity index is 419. The van der Waals surface area contributed by atoms with E-state index in [1.165, 1.54) is 0 Å². The molecule has 0 saturated carbocycles. The van der Waals surface area contributed by atoms with Gasteiger partial charge in [0, 0.05) is 0 Å². The molecule has 0 fully saturated rings. The van der Waals surface area contributed by atoms with Crippen molar-refractivity contribution in [3.63, 3.8) is 0 Å². The molecule has 1 heterocycles. The fourth-order valence-electron chi connectivity index (χ4n) is 1.44. The SMILES string of the molecule is N=C(N)C1(C=O)CNc2ccccc2O1. The first-order valence-electron chi connectivity index (χ1n) is 4.51. The first-order valence-corrected chi connectivity index (χ1v) is 4.51. The van der Waals surface area contributed by atoms with Crippen LogP contribution in [0, 0.1) is 5.41 Å². The zero-order chi connectivity index (χ0) is 10.9. The Morgan fingerprint density at radius 1 is 1.60 bits per heavy atom. The minimum absolute atomic E-state index is 0.183. The summed E-state index contributed by atoms with van der Waals surface area (Å²) in [6.07, 6.45) is 0.554. The number of hydrogen-bond acceptors (Lipinski definition) is 4. The minimum Gasteiger partial charge on any atom is -0.468 e. The monoisotopic (exact) mass is 205 g/mol. The van der Waals surface area contributed by atoms with E-state index >= 15 is 0 Å². The van der Waals surface area contributed by atoms with Gasteiger partial charge in [-0.1, -0.05) is 12.1 Å². The molecule has 1 aliphatic rings. The Morgan fingerprint density at radius 2 is 2.33 bits per heavy atom. The van der Waals surface area contributed by atoms with Crippen molar-refractivity contribution in [1.82, 2.24) is 0 Å². The van der Waals surface area contributed by atoms with E-state index in [2.05, 4.69) is 5.32 Å². The summed E-state index contributed by atoms with van der Waals surface area (Å²) in [6, 6.07) is 7.21. The summed E-state index contributed by atoms with van der Waals surface area (Å²) in [5.41, 5.74) is 4.79. The first-order chi connectivity index (χ1) is 7.18. The number of para-hydroxylation sites is 2. The van der Waals surface area contributed by atoms with Crippen molar-refractivity contribution in [2.24, 2.45) is 5.73 Å². The lowest BCUT2D eigenvalue weighted by Crippen LogP contribution is -2.56. The summed E-state index contributed by atoms with van der Waals surface area (Å²) in [7, 11) is 0. The van der Waals surface area contributed by atoms with Crippen molar-refractivity contribution in [2.75, 3.05) is 11.9 Å². The summed E-state index contributed by atoms with van der Waals surface area (Å²) in [5.74, 6) is 0.241. The van der Waals surface area contributed by atoms with Crippen molar-refractivity contribution in [3.8, 4) is 5.75 Å². The molecule has 15 heavy (non-hydrogen) atoms. The number of benzene rings is 1. The van der Waals surface area contributed by atoms with Gasteiger partial charge in [-0.2, -0.15) is 0 Å². The molecule has 1 atom stereocenters. The second-order valence-corrected chi connectivity index (χ2v) is 3.37. The molecule has 0 radical (unpaired) electrons. The average Bonchev–Trinajstić information content (AvgIpc) is 2.28. The third kappa shape index (κ3) is 1.41. The predicted molar refractivity (Wildman–Crippen MR) is 56.3 cm³/mol. The molecule has 5 nitrogen and oxygen atoms in total. The Morgan fingerprint density at radius 3 is 3.00 bits per heavy atom. The zero-order valence-electron chi connectivity index (χ0n) is 7.99. The van der Waals surface area contributed by atoms with E-state index in [0.29, 0.717) is 12.0 Å². The molecule has 4 N–H and O–H groups in total. The van der Waals surface area contributed by atoms with Gasteiger partial charge in [-0.3, -0.25) is 10.2 Å². The van der Waals surface area contributed by atoms with Gasteiger partial charge in [0.15, 0.2) is 6.29 Å². The summed E-state index contributed by atoms with van der Waals surface area (Å²) in [4.78, 5) is 10.9. The molecule has 1 aromatic carbocycles. The smallest absolute Gasteiger partial charge is 0.236 e. The summed E-state index contributed by atoms with van der Waals surface area (Å²) < 4.78 is 5.45. The van der Waals surface area contributed by atoms with Crippen molar-refractivity contribution in [1.29, 1.82) is 5.41 Å². The summed E-state index contributed by atoms with van der Waals surface area (Å²) >= 11 is 0. The number of anilines is 1. The molecule has 0 spiro atoms. The number of hydrogen-bond donors (Lipinski definition) is 3. The van der Waals surface area contributed by atoms with Gasteiger partial charge in [0.05, 0.1) is 12.2 Å². The van der Waals surface area contributed by atoms with Gasteiger partial charge in [0.1, 0.15) is 11.6 Å². The molecule has 1 unspecified atom stereocenters. The molecular formula is C10H11N3O2. The second kappa shape index (κ2) is 3.27. The maximum atomic E-state index is 10.9. The number of carbonyl (C=O) groups is 1. The molecule has 0 aromatic heterocycles. The van der Waals surface area contributed by atoms with Gasteiger partial charge in [-0.25, -0.2) is 0 Å². The van der Waals surface area contributed by atoms with Crippen LogP contribution >= 0.6 is 0 Å². The number of aldehydes is 1. The second-order valence-electron chi connectivity index (χ2n) is 3.37. The highest BCUT2D eigenvalue weighted by Crippen LogP contribution is 2.31. The molecule has 0 amide bonds. The van der Waals surface area contributed by atoms with Crippen molar-refractivity contribution < 1.29 is 9.53 Å². The number of fused-ring (bicyclic) bond motifs is 1. The summed E-state index contributed by atoms with van der Waals surface area (Å²) in [6.45, 7) is 0.183. The molecule has 1 aromatic rings. The number of amidine groups is 1. The lowest BCUT2D eigenvalue weighted by Gasteiger charge is -2.33. The van der Waals surface area contributed by atoms with Gasteiger partial charge in [0.2, 0.25) is 5.60 Å². The third-order valence-corrected chi connectivity index (χ3v) is 2.37. The number of rotatable bonds is 2. The van der Waals surface area contributed by atoms with E-state index in [9.17, 15) is 4.79 Å². The number of nitrogens with two attached hydrogens (primary N) is 1. The predicted octanol–water partition coefficient (Wildman–Crippen LogP) is 0.365. The molecule has 78 valence electrons. The van der Waals surface area contributed by atoms with Crippen molar-refractivity contribution in [2.45, 2.75) is 5.60 Å². The van der Waals surface area contributed by atoms with Crippen LogP contribution in [-0.4, -0.2) is 24.3 Å². The highest BCUT2D eigenvalue weighted by atomic mass is 16.5.